The van der Waals surface area contributed by atoms with Gasteiger partial charge < -0.3 is 9.64 Å². The van der Waals surface area contributed by atoms with Gasteiger partial charge >= 0.3 is 0 Å². The second-order valence-corrected chi connectivity index (χ2v) is 5.14. The molecule has 0 aromatic carbocycles. The van der Waals surface area contributed by atoms with Gasteiger partial charge in [0.25, 0.3) is 0 Å². The summed E-state index contributed by atoms with van der Waals surface area (Å²) >= 11 is 3.55. The summed E-state index contributed by atoms with van der Waals surface area (Å²) < 4.78 is 5.00. The van der Waals surface area contributed by atoms with E-state index in [2.05, 4.69) is 34.8 Å². The predicted molar refractivity (Wildman–Crippen MR) is 61.6 cm³/mol. The molecule has 0 N–H and O–H groups in total. The van der Waals surface area contributed by atoms with Crippen LogP contribution in [0.25, 0.3) is 0 Å². The van der Waals surface area contributed by atoms with Crippen molar-refractivity contribution in [3.8, 4) is 0 Å². The first kappa shape index (κ1) is 13.4. The quantitative estimate of drug-likeness (QED) is 0.486. The van der Waals surface area contributed by atoms with E-state index >= 15 is 0 Å². The fraction of sp³-hybridized carbons (Fsp3) is 1.00. The molecule has 0 saturated carbocycles. The van der Waals surface area contributed by atoms with Gasteiger partial charge in [-0.2, -0.15) is 0 Å². The van der Waals surface area contributed by atoms with Crippen LogP contribution in [0.5, 0.6) is 0 Å². The standard InChI is InChI=1S/C10H22BrNO/c1-10(11)6-8-12(2)7-4-5-9-13-3/h10H,4-9H2,1-3H3. The number of alkyl halides is 1. The SMILES string of the molecule is COCCCCN(C)CCC(C)Br. The largest absolute Gasteiger partial charge is 0.385 e. The first-order valence-corrected chi connectivity index (χ1v) is 5.90. The van der Waals surface area contributed by atoms with E-state index in [1.54, 1.807) is 7.11 Å². The Hall–Kier alpha value is 0.400. The van der Waals surface area contributed by atoms with Crippen molar-refractivity contribution in [1.82, 2.24) is 4.90 Å². The molecule has 2 nitrogen and oxygen atoms in total. The molecule has 0 saturated heterocycles. The van der Waals surface area contributed by atoms with Crippen molar-refractivity contribution in [2.75, 3.05) is 33.9 Å². The Morgan fingerprint density at radius 2 is 2.00 bits per heavy atom. The Kier molecular flexibility index (Phi) is 9.25. The number of nitrogens with zero attached hydrogens (tertiary/aromatic N) is 1. The minimum Gasteiger partial charge on any atom is -0.385 e. The van der Waals surface area contributed by atoms with Gasteiger partial charge in [0.2, 0.25) is 0 Å². The number of methoxy groups -OCH3 is 1. The molecule has 1 unspecified atom stereocenters. The van der Waals surface area contributed by atoms with Crippen molar-refractivity contribution in [2.45, 2.75) is 31.0 Å². The van der Waals surface area contributed by atoms with Crippen LogP contribution in [0.3, 0.4) is 0 Å². The van der Waals surface area contributed by atoms with Crippen LogP contribution in [0.1, 0.15) is 26.2 Å². The summed E-state index contributed by atoms with van der Waals surface area (Å²) in [7, 11) is 3.94. The van der Waals surface area contributed by atoms with Crippen LogP contribution in [-0.2, 0) is 4.74 Å². The lowest BCUT2D eigenvalue weighted by molar-refractivity contribution is 0.187. The maximum Gasteiger partial charge on any atom is 0.0462 e. The Morgan fingerprint density at radius 3 is 2.54 bits per heavy atom. The lowest BCUT2D eigenvalue weighted by Crippen LogP contribution is -2.22. The molecule has 0 spiro atoms. The molecule has 0 aromatic rings. The highest BCUT2D eigenvalue weighted by atomic mass is 79.9. The smallest absolute Gasteiger partial charge is 0.0462 e. The molecule has 0 rings (SSSR count). The van der Waals surface area contributed by atoms with Gasteiger partial charge in [-0.05, 0) is 39.4 Å². The number of ether oxygens (including phenoxy) is 1. The van der Waals surface area contributed by atoms with E-state index in [4.69, 9.17) is 4.74 Å². The van der Waals surface area contributed by atoms with Crippen molar-refractivity contribution < 1.29 is 4.74 Å². The minimum absolute atomic E-state index is 0.633. The molecule has 13 heavy (non-hydrogen) atoms. The zero-order valence-electron chi connectivity index (χ0n) is 9.05. The summed E-state index contributed by atoms with van der Waals surface area (Å²) in [5.41, 5.74) is 0. The van der Waals surface area contributed by atoms with Crippen LogP contribution in [0.4, 0.5) is 0 Å². The van der Waals surface area contributed by atoms with Crippen molar-refractivity contribution in [1.29, 1.82) is 0 Å². The van der Waals surface area contributed by atoms with Gasteiger partial charge in [0.05, 0.1) is 0 Å². The van der Waals surface area contributed by atoms with Gasteiger partial charge in [-0.25, -0.2) is 0 Å². The monoisotopic (exact) mass is 251 g/mol. The highest BCUT2D eigenvalue weighted by Crippen LogP contribution is 2.04. The summed E-state index contributed by atoms with van der Waals surface area (Å²) in [4.78, 5) is 3.02. The molecule has 0 bridgehead atoms. The fourth-order valence-corrected chi connectivity index (χ4v) is 1.34. The maximum absolute atomic E-state index is 5.00. The summed E-state index contributed by atoms with van der Waals surface area (Å²) in [5, 5.41) is 0. The number of halogens is 1. The molecular formula is C10H22BrNO. The third kappa shape index (κ3) is 10.3. The van der Waals surface area contributed by atoms with Crippen LogP contribution >= 0.6 is 15.9 Å². The van der Waals surface area contributed by atoms with E-state index < -0.39 is 0 Å². The Labute approximate surface area is 90.8 Å². The highest BCUT2D eigenvalue weighted by molar-refractivity contribution is 9.09. The molecule has 0 aromatic heterocycles. The van der Waals surface area contributed by atoms with E-state index in [9.17, 15) is 0 Å². The van der Waals surface area contributed by atoms with Crippen molar-refractivity contribution in [3.05, 3.63) is 0 Å². The zero-order chi connectivity index (χ0) is 10.1. The molecule has 1 atom stereocenters. The van der Waals surface area contributed by atoms with Crippen LogP contribution in [0.2, 0.25) is 0 Å². The van der Waals surface area contributed by atoms with Crippen molar-refractivity contribution in [3.63, 3.8) is 0 Å². The van der Waals surface area contributed by atoms with Gasteiger partial charge in [-0.15, -0.1) is 0 Å². The van der Waals surface area contributed by atoms with Gasteiger partial charge in [-0.1, -0.05) is 22.9 Å². The molecule has 0 aliphatic rings. The molecule has 0 heterocycles. The first-order chi connectivity index (χ1) is 6.16. The molecule has 0 aliphatic heterocycles. The van der Waals surface area contributed by atoms with Crippen LogP contribution in [0, 0.1) is 0 Å². The number of rotatable bonds is 8. The summed E-state index contributed by atoms with van der Waals surface area (Å²) in [6.07, 6.45) is 3.63. The fourth-order valence-electron chi connectivity index (χ4n) is 1.14. The van der Waals surface area contributed by atoms with Gasteiger partial charge in [0.15, 0.2) is 0 Å². The first-order valence-electron chi connectivity index (χ1n) is 4.98. The Bertz CT molecular complexity index is 109. The Balaban J connectivity index is 3.15. The average Bonchev–Trinajstić information content (AvgIpc) is 2.09. The van der Waals surface area contributed by atoms with Crippen LogP contribution in [0.15, 0.2) is 0 Å². The zero-order valence-corrected chi connectivity index (χ0v) is 10.6. The second kappa shape index (κ2) is 8.97. The maximum atomic E-state index is 5.00. The topological polar surface area (TPSA) is 12.5 Å². The molecule has 0 fully saturated rings. The van der Waals surface area contributed by atoms with E-state index in [1.807, 2.05) is 0 Å². The molecule has 0 radical (unpaired) electrons. The van der Waals surface area contributed by atoms with E-state index in [1.165, 1.54) is 32.4 Å². The van der Waals surface area contributed by atoms with E-state index in [0.717, 1.165) is 6.61 Å². The molecular weight excluding hydrogens is 230 g/mol. The number of hydrogen-bond donors (Lipinski definition) is 0. The summed E-state index contributed by atoms with van der Waals surface area (Å²) in [5.74, 6) is 0. The van der Waals surface area contributed by atoms with E-state index in [0.29, 0.717) is 4.83 Å². The third-order valence-electron chi connectivity index (χ3n) is 2.05. The highest BCUT2D eigenvalue weighted by Gasteiger charge is 2.00. The summed E-state index contributed by atoms with van der Waals surface area (Å²) in [6, 6.07) is 0. The van der Waals surface area contributed by atoms with Gasteiger partial charge in [0, 0.05) is 18.5 Å². The van der Waals surface area contributed by atoms with Crippen molar-refractivity contribution >= 4 is 15.9 Å². The number of hydrogen-bond acceptors (Lipinski definition) is 2. The number of unbranched alkanes of at least 4 members (excludes halogenated alkanes) is 1. The van der Waals surface area contributed by atoms with Gasteiger partial charge in [0.1, 0.15) is 0 Å². The predicted octanol–water partition coefficient (Wildman–Crippen LogP) is 2.52. The van der Waals surface area contributed by atoms with Crippen molar-refractivity contribution in [2.24, 2.45) is 0 Å². The third-order valence-corrected chi connectivity index (χ3v) is 2.50. The lowest BCUT2D eigenvalue weighted by atomic mass is 10.3. The minimum atomic E-state index is 0.633. The Morgan fingerprint density at radius 1 is 1.31 bits per heavy atom. The second-order valence-electron chi connectivity index (χ2n) is 3.57. The molecule has 3 heteroatoms. The van der Waals surface area contributed by atoms with Gasteiger partial charge in [-0.3, -0.25) is 0 Å². The molecule has 0 aliphatic carbocycles. The van der Waals surface area contributed by atoms with Crippen LogP contribution in [-0.4, -0.2) is 43.6 Å². The van der Waals surface area contributed by atoms with Crippen LogP contribution < -0.4 is 0 Å². The summed E-state index contributed by atoms with van der Waals surface area (Å²) in [6.45, 7) is 5.45. The average molecular weight is 252 g/mol. The normalized spacial score (nSPS) is 13.6. The lowest BCUT2D eigenvalue weighted by Gasteiger charge is -2.16. The molecule has 80 valence electrons. The van der Waals surface area contributed by atoms with E-state index in [-0.39, 0.29) is 0 Å². The molecule has 0 amide bonds.